The van der Waals surface area contributed by atoms with Crippen LogP contribution >= 0.6 is 0 Å². The number of fused-ring (bicyclic) bond motifs is 2. The van der Waals surface area contributed by atoms with Gasteiger partial charge in [0.15, 0.2) is 5.82 Å². The molecule has 3 saturated heterocycles. The van der Waals surface area contributed by atoms with Crippen LogP contribution in [0.5, 0.6) is 0 Å². The van der Waals surface area contributed by atoms with E-state index in [0.29, 0.717) is 0 Å². The SMILES string of the molecule is CN1C2CCCC1CC(NCC1CN(c3ccc(C(C)(C)C)nn3)C1)C2. The molecule has 3 fully saturated rings. The molecule has 0 spiro atoms. The number of nitrogens with one attached hydrogen (secondary N) is 1. The summed E-state index contributed by atoms with van der Waals surface area (Å²) in [6, 6.07) is 6.62. The summed E-state index contributed by atoms with van der Waals surface area (Å²) in [6.07, 6.45) is 6.89. The predicted molar refractivity (Wildman–Crippen MR) is 107 cm³/mol. The average Bonchev–Trinajstić information content (AvgIpc) is 2.53. The van der Waals surface area contributed by atoms with Gasteiger partial charge < -0.3 is 15.1 Å². The highest BCUT2D eigenvalue weighted by atomic mass is 15.3. The van der Waals surface area contributed by atoms with Crippen LogP contribution in [-0.2, 0) is 5.41 Å². The maximum Gasteiger partial charge on any atom is 0.151 e. The zero-order valence-corrected chi connectivity index (χ0v) is 16.9. The molecule has 1 aromatic heterocycles. The molecule has 5 nitrogen and oxygen atoms in total. The van der Waals surface area contributed by atoms with Gasteiger partial charge in [-0.1, -0.05) is 27.2 Å². The van der Waals surface area contributed by atoms with Crippen LogP contribution in [0.25, 0.3) is 0 Å². The van der Waals surface area contributed by atoms with Crippen molar-refractivity contribution >= 4 is 5.82 Å². The first-order valence-corrected chi connectivity index (χ1v) is 10.4. The number of piperidine rings is 2. The Balaban J connectivity index is 1.22. The molecule has 0 aliphatic carbocycles. The van der Waals surface area contributed by atoms with E-state index in [2.05, 4.69) is 65.3 Å². The molecular weight excluding hydrogens is 322 g/mol. The van der Waals surface area contributed by atoms with Crippen molar-refractivity contribution in [2.45, 2.75) is 76.4 Å². The van der Waals surface area contributed by atoms with Crippen LogP contribution in [0.4, 0.5) is 5.82 Å². The Morgan fingerprint density at radius 2 is 1.77 bits per heavy atom. The van der Waals surface area contributed by atoms with Gasteiger partial charge in [-0.15, -0.1) is 5.10 Å². The van der Waals surface area contributed by atoms with Crippen molar-refractivity contribution in [3.8, 4) is 0 Å². The number of aromatic nitrogens is 2. The minimum Gasteiger partial charge on any atom is -0.354 e. The number of hydrogen-bond acceptors (Lipinski definition) is 5. The Morgan fingerprint density at radius 1 is 1.08 bits per heavy atom. The average molecular weight is 358 g/mol. The molecule has 3 aliphatic heterocycles. The van der Waals surface area contributed by atoms with E-state index in [1.165, 1.54) is 32.1 Å². The molecule has 4 rings (SSSR count). The molecule has 4 heterocycles. The van der Waals surface area contributed by atoms with Crippen LogP contribution < -0.4 is 10.2 Å². The minimum atomic E-state index is 0.0687. The number of rotatable bonds is 4. The smallest absolute Gasteiger partial charge is 0.151 e. The van der Waals surface area contributed by atoms with Gasteiger partial charge in [-0.25, -0.2) is 0 Å². The van der Waals surface area contributed by atoms with Crippen LogP contribution in [0.15, 0.2) is 12.1 Å². The van der Waals surface area contributed by atoms with Crippen molar-refractivity contribution in [2.24, 2.45) is 5.92 Å². The van der Waals surface area contributed by atoms with Crippen LogP contribution in [-0.4, -0.2) is 59.9 Å². The normalized spacial score (nSPS) is 30.3. The number of anilines is 1. The lowest BCUT2D eigenvalue weighted by Crippen LogP contribution is -2.57. The maximum atomic E-state index is 4.45. The maximum absolute atomic E-state index is 4.45. The lowest BCUT2D eigenvalue weighted by Gasteiger charge is -2.48. The standard InChI is InChI=1S/C21H35N5/c1-21(2,3)19-8-9-20(24-23-19)26-13-15(14-26)12-22-16-10-17-6-5-7-18(11-16)25(17)4/h8-9,15-18,22H,5-7,10-14H2,1-4H3. The van der Waals surface area contributed by atoms with Gasteiger partial charge in [0.1, 0.15) is 0 Å². The molecule has 1 N–H and O–H groups in total. The molecule has 2 bridgehead atoms. The monoisotopic (exact) mass is 357 g/mol. The summed E-state index contributed by atoms with van der Waals surface area (Å²) in [6.45, 7) is 9.90. The van der Waals surface area contributed by atoms with Crippen molar-refractivity contribution < 1.29 is 0 Å². The number of nitrogens with zero attached hydrogens (tertiary/aromatic N) is 4. The molecule has 1 aromatic rings. The first-order chi connectivity index (χ1) is 12.4. The Morgan fingerprint density at radius 3 is 2.35 bits per heavy atom. The van der Waals surface area contributed by atoms with Gasteiger partial charge >= 0.3 is 0 Å². The predicted octanol–water partition coefficient (Wildman–Crippen LogP) is 2.82. The molecule has 5 heteroatoms. The van der Waals surface area contributed by atoms with E-state index < -0.39 is 0 Å². The highest BCUT2D eigenvalue weighted by Crippen LogP contribution is 2.33. The second-order valence-corrected chi connectivity index (χ2v) is 9.78. The summed E-state index contributed by atoms with van der Waals surface area (Å²) in [7, 11) is 2.33. The van der Waals surface area contributed by atoms with E-state index in [4.69, 9.17) is 0 Å². The van der Waals surface area contributed by atoms with Gasteiger partial charge in [0.2, 0.25) is 0 Å². The third-order valence-corrected chi connectivity index (χ3v) is 6.74. The second-order valence-electron chi connectivity index (χ2n) is 9.78. The number of hydrogen-bond donors (Lipinski definition) is 1. The van der Waals surface area contributed by atoms with E-state index in [9.17, 15) is 0 Å². The molecule has 0 amide bonds. The quantitative estimate of drug-likeness (QED) is 0.898. The summed E-state index contributed by atoms with van der Waals surface area (Å²) in [5.74, 6) is 1.78. The lowest BCUT2D eigenvalue weighted by atomic mass is 9.82. The van der Waals surface area contributed by atoms with E-state index in [-0.39, 0.29) is 5.41 Å². The largest absolute Gasteiger partial charge is 0.354 e. The first kappa shape index (κ1) is 18.2. The zero-order chi connectivity index (χ0) is 18.3. The summed E-state index contributed by atoms with van der Waals surface area (Å²) in [5, 5.41) is 12.8. The van der Waals surface area contributed by atoms with Crippen molar-refractivity contribution in [2.75, 3.05) is 31.6 Å². The molecule has 0 radical (unpaired) electrons. The third-order valence-electron chi connectivity index (χ3n) is 6.74. The fourth-order valence-corrected chi connectivity index (χ4v) is 4.90. The van der Waals surface area contributed by atoms with E-state index in [1.54, 1.807) is 0 Å². The minimum absolute atomic E-state index is 0.0687. The van der Waals surface area contributed by atoms with Gasteiger partial charge in [0, 0.05) is 49.1 Å². The van der Waals surface area contributed by atoms with Crippen molar-refractivity contribution in [3.63, 3.8) is 0 Å². The Labute approximate surface area is 158 Å². The zero-order valence-electron chi connectivity index (χ0n) is 16.9. The van der Waals surface area contributed by atoms with Crippen LogP contribution in [0.2, 0.25) is 0 Å². The summed E-state index contributed by atoms with van der Waals surface area (Å²) >= 11 is 0. The van der Waals surface area contributed by atoms with Gasteiger partial charge in [-0.2, -0.15) is 5.10 Å². The Hall–Kier alpha value is -1.20. The van der Waals surface area contributed by atoms with Gasteiger partial charge in [-0.3, -0.25) is 0 Å². The first-order valence-electron chi connectivity index (χ1n) is 10.4. The van der Waals surface area contributed by atoms with E-state index >= 15 is 0 Å². The second kappa shape index (κ2) is 7.08. The highest BCUT2D eigenvalue weighted by Gasteiger charge is 2.36. The molecule has 2 unspecified atom stereocenters. The van der Waals surface area contributed by atoms with Crippen LogP contribution in [0, 0.1) is 5.92 Å². The fourth-order valence-electron chi connectivity index (χ4n) is 4.90. The van der Waals surface area contributed by atoms with Crippen molar-refractivity contribution in [3.05, 3.63) is 17.8 Å². The topological polar surface area (TPSA) is 44.3 Å². The molecule has 2 atom stereocenters. The third kappa shape index (κ3) is 3.74. The van der Waals surface area contributed by atoms with Crippen LogP contribution in [0.1, 0.15) is 58.6 Å². The molecule has 144 valence electrons. The molecule has 0 aromatic carbocycles. The Bertz CT molecular complexity index is 588. The van der Waals surface area contributed by atoms with Crippen molar-refractivity contribution in [1.82, 2.24) is 20.4 Å². The van der Waals surface area contributed by atoms with Gasteiger partial charge in [0.25, 0.3) is 0 Å². The van der Waals surface area contributed by atoms with Crippen LogP contribution in [0.3, 0.4) is 0 Å². The fraction of sp³-hybridized carbons (Fsp3) is 0.810. The van der Waals surface area contributed by atoms with E-state index in [0.717, 1.165) is 55.2 Å². The lowest BCUT2D eigenvalue weighted by molar-refractivity contribution is 0.0474. The van der Waals surface area contributed by atoms with Gasteiger partial charge in [0.05, 0.1) is 5.69 Å². The van der Waals surface area contributed by atoms with E-state index in [1.807, 2.05) is 0 Å². The summed E-state index contributed by atoms with van der Waals surface area (Å²) in [4.78, 5) is 5.00. The van der Waals surface area contributed by atoms with Crippen molar-refractivity contribution in [1.29, 1.82) is 0 Å². The van der Waals surface area contributed by atoms with Gasteiger partial charge in [-0.05, 0) is 44.9 Å². The highest BCUT2D eigenvalue weighted by molar-refractivity contribution is 5.41. The molecule has 0 saturated carbocycles. The summed E-state index contributed by atoms with van der Waals surface area (Å²) < 4.78 is 0. The molecular formula is C21H35N5. The molecule has 26 heavy (non-hydrogen) atoms. The molecule has 3 aliphatic rings. The summed E-state index contributed by atoms with van der Waals surface area (Å²) in [5.41, 5.74) is 1.13. The Kier molecular flexibility index (Phi) is 4.95.